The molecular formula is C30H28N2O3S. The third-order valence-electron chi connectivity index (χ3n) is 7.94. The number of hydrogen-bond acceptors (Lipinski definition) is 5. The van der Waals surface area contributed by atoms with Crippen LogP contribution in [0.5, 0.6) is 0 Å². The van der Waals surface area contributed by atoms with Crippen LogP contribution in [0.1, 0.15) is 48.5 Å². The number of nitrogens with zero attached hydrogens (tertiary/aromatic N) is 1. The average molecular weight is 497 g/mol. The zero-order valence-electron chi connectivity index (χ0n) is 20.7. The number of Topliss-reactive ketones (excluding diaryl/α,β-unsaturated/α-hetero) is 2. The molecule has 6 rings (SSSR count). The fraction of sp³-hybridized carbons (Fsp3) is 0.300. The van der Waals surface area contributed by atoms with Crippen LogP contribution < -0.4 is 10.2 Å². The number of amides is 1. The molecule has 3 aliphatic rings. The van der Waals surface area contributed by atoms with Gasteiger partial charge in [0.15, 0.2) is 11.6 Å². The Balaban J connectivity index is 1.72. The van der Waals surface area contributed by atoms with E-state index in [1.807, 2.05) is 87.7 Å². The van der Waals surface area contributed by atoms with Crippen molar-refractivity contribution in [3.63, 3.8) is 0 Å². The van der Waals surface area contributed by atoms with Crippen LogP contribution in [0, 0.1) is 11.3 Å². The summed E-state index contributed by atoms with van der Waals surface area (Å²) in [6.07, 6.45) is 2.09. The van der Waals surface area contributed by atoms with Gasteiger partial charge in [0, 0.05) is 22.4 Å². The Bertz CT molecular complexity index is 1450. The van der Waals surface area contributed by atoms with Crippen molar-refractivity contribution >= 4 is 45.8 Å². The van der Waals surface area contributed by atoms with Gasteiger partial charge in [-0.2, -0.15) is 0 Å². The van der Waals surface area contributed by atoms with E-state index in [1.165, 1.54) is 11.3 Å². The molecule has 5 nitrogen and oxygen atoms in total. The van der Waals surface area contributed by atoms with Gasteiger partial charge in [-0.25, -0.2) is 0 Å². The molecule has 2 aromatic carbocycles. The summed E-state index contributed by atoms with van der Waals surface area (Å²) in [6.45, 7) is 7.71. The topological polar surface area (TPSA) is 66.5 Å². The SMILES string of the molecule is CC1=C[C@@H]2N(c3ccccc31)[C@H](C(=O)C(C)(C)C)[C@H](C(=O)c1cccs1)[C@@]21C(=O)Nc2ccccc21. The molecule has 36 heavy (non-hydrogen) atoms. The summed E-state index contributed by atoms with van der Waals surface area (Å²) < 4.78 is 0. The number of anilines is 2. The molecule has 4 atom stereocenters. The minimum atomic E-state index is -1.24. The second-order valence-electron chi connectivity index (χ2n) is 11.0. The van der Waals surface area contributed by atoms with Crippen molar-refractivity contribution in [2.24, 2.45) is 11.3 Å². The normalized spacial score (nSPS) is 26.2. The fourth-order valence-electron chi connectivity index (χ4n) is 6.40. The Kier molecular flexibility index (Phi) is 4.93. The van der Waals surface area contributed by atoms with E-state index in [2.05, 4.69) is 16.3 Å². The van der Waals surface area contributed by atoms with E-state index < -0.39 is 28.8 Å². The zero-order chi connectivity index (χ0) is 25.4. The van der Waals surface area contributed by atoms with Crippen LogP contribution in [-0.2, 0) is 15.0 Å². The Morgan fingerprint density at radius 1 is 1.00 bits per heavy atom. The average Bonchev–Trinajstić information content (AvgIpc) is 3.55. The Labute approximate surface area is 214 Å². The van der Waals surface area contributed by atoms with Crippen molar-refractivity contribution in [3.8, 4) is 0 Å². The van der Waals surface area contributed by atoms with Crippen LogP contribution in [0.3, 0.4) is 0 Å². The van der Waals surface area contributed by atoms with Gasteiger partial charge in [0.1, 0.15) is 11.5 Å². The van der Waals surface area contributed by atoms with E-state index in [0.29, 0.717) is 10.6 Å². The molecule has 182 valence electrons. The molecule has 3 aromatic rings. The highest BCUT2D eigenvalue weighted by atomic mass is 32.1. The number of allylic oxidation sites excluding steroid dienone is 1. The largest absolute Gasteiger partial charge is 0.352 e. The minimum absolute atomic E-state index is 0.0424. The molecule has 1 fully saturated rings. The molecule has 3 aliphatic heterocycles. The number of ketones is 2. The highest BCUT2D eigenvalue weighted by Gasteiger charge is 2.71. The van der Waals surface area contributed by atoms with Gasteiger partial charge < -0.3 is 10.2 Å². The molecule has 1 aromatic heterocycles. The van der Waals surface area contributed by atoms with E-state index in [0.717, 1.165) is 22.4 Å². The van der Waals surface area contributed by atoms with Gasteiger partial charge in [0.2, 0.25) is 5.91 Å². The maximum atomic E-state index is 14.4. The highest BCUT2D eigenvalue weighted by Crippen LogP contribution is 2.59. The molecule has 6 heteroatoms. The zero-order valence-corrected chi connectivity index (χ0v) is 21.6. The van der Waals surface area contributed by atoms with Crippen LogP contribution in [0.15, 0.2) is 72.1 Å². The van der Waals surface area contributed by atoms with Crippen molar-refractivity contribution < 1.29 is 14.4 Å². The van der Waals surface area contributed by atoms with E-state index >= 15 is 0 Å². The molecule has 0 aliphatic carbocycles. The predicted octanol–water partition coefficient (Wildman–Crippen LogP) is 5.73. The van der Waals surface area contributed by atoms with E-state index in [4.69, 9.17) is 0 Å². The lowest BCUT2D eigenvalue weighted by Crippen LogP contribution is -2.51. The number of carbonyl (C=O) groups is 3. The van der Waals surface area contributed by atoms with Gasteiger partial charge in [-0.3, -0.25) is 14.4 Å². The molecule has 0 radical (unpaired) electrons. The highest BCUT2D eigenvalue weighted by molar-refractivity contribution is 7.12. The maximum absolute atomic E-state index is 14.4. The lowest BCUT2D eigenvalue weighted by atomic mass is 9.63. The molecule has 0 unspecified atom stereocenters. The standard InChI is InChI=1S/C30H28N2O3S/c1-17-16-23-30(19-11-6-7-12-20(19)31-28(30)35)24(26(33)22-14-9-15-36-22)25(27(34)29(2,3)4)32(23)21-13-8-5-10-18(17)21/h5-16,23-25H,1-4H3,(H,31,35)/t23-,24+,25-,30-/m0/s1. The number of hydrogen-bond donors (Lipinski definition) is 1. The molecule has 1 amide bonds. The fourth-order valence-corrected chi connectivity index (χ4v) is 7.11. The van der Waals surface area contributed by atoms with Crippen LogP contribution >= 0.6 is 11.3 Å². The number of para-hydroxylation sites is 2. The van der Waals surface area contributed by atoms with E-state index in [-0.39, 0.29) is 17.5 Å². The molecule has 4 heterocycles. The second-order valence-corrected chi connectivity index (χ2v) is 11.9. The van der Waals surface area contributed by atoms with Gasteiger partial charge in [-0.15, -0.1) is 11.3 Å². The molecule has 0 saturated carbocycles. The van der Waals surface area contributed by atoms with Crippen molar-refractivity contribution in [1.82, 2.24) is 0 Å². The molecule has 1 N–H and O–H groups in total. The summed E-state index contributed by atoms with van der Waals surface area (Å²) in [5, 5.41) is 4.94. The lowest BCUT2D eigenvalue weighted by molar-refractivity contribution is -0.128. The number of thiophene rings is 1. The van der Waals surface area contributed by atoms with Crippen LogP contribution in [0.4, 0.5) is 11.4 Å². The van der Waals surface area contributed by atoms with Gasteiger partial charge in [-0.05, 0) is 41.6 Å². The van der Waals surface area contributed by atoms with Gasteiger partial charge in [-0.1, -0.05) is 69.3 Å². The number of benzene rings is 2. The van der Waals surface area contributed by atoms with Crippen LogP contribution in [0.2, 0.25) is 0 Å². The first-order valence-corrected chi connectivity index (χ1v) is 13.1. The minimum Gasteiger partial charge on any atom is -0.352 e. The first-order chi connectivity index (χ1) is 17.2. The maximum Gasteiger partial charge on any atom is 0.238 e. The summed E-state index contributed by atoms with van der Waals surface area (Å²) >= 11 is 1.36. The Morgan fingerprint density at radius 3 is 2.44 bits per heavy atom. The van der Waals surface area contributed by atoms with Gasteiger partial charge in [0.05, 0.1) is 16.8 Å². The molecule has 1 saturated heterocycles. The lowest BCUT2D eigenvalue weighted by Gasteiger charge is -2.39. The summed E-state index contributed by atoms with van der Waals surface area (Å²) in [5.74, 6) is -1.30. The first-order valence-electron chi connectivity index (χ1n) is 12.3. The number of fused-ring (bicyclic) bond motifs is 6. The number of nitrogens with one attached hydrogen (secondary N) is 1. The quantitative estimate of drug-likeness (QED) is 0.471. The number of carbonyl (C=O) groups excluding carboxylic acids is 3. The first kappa shape index (κ1) is 22.9. The summed E-state index contributed by atoms with van der Waals surface area (Å²) in [4.78, 5) is 45.6. The molecule has 0 bridgehead atoms. The summed E-state index contributed by atoms with van der Waals surface area (Å²) in [6, 6.07) is 17.9. The van der Waals surface area contributed by atoms with E-state index in [1.54, 1.807) is 6.07 Å². The van der Waals surface area contributed by atoms with Crippen molar-refractivity contribution in [3.05, 3.63) is 88.1 Å². The van der Waals surface area contributed by atoms with Crippen molar-refractivity contribution in [2.45, 2.75) is 45.2 Å². The summed E-state index contributed by atoms with van der Waals surface area (Å²) in [7, 11) is 0. The smallest absolute Gasteiger partial charge is 0.238 e. The van der Waals surface area contributed by atoms with Gasteiger partial charge >= 0.3 is 0 Å². The molecular weight excluding hydrogens is 468 g/mol. The van der Waals surface area contributed by atoms with Crippen LogP contribution in [0.25, 0.3) is 5.57 Å². The van der Waals surface area contributed by atoms with Crippen molar-refractivity contribution in [2.75, 3.05) is 10.2 Å². The van der Waals surface area contributed by atoms with Crippen LogP contribution in [-0.4, -0.2) is 29.6 Å². The monoisotopic (exact) mass is 496 g/mol. The predicted molar refractivity (Wildman–Crippen MR) is 143 cm³/mol. The summed E-state index contributed by atoms with van der Waals surface area (Å²) in [5.41, 5.74) is 2.49. The van der Waals surface area contributed by atoms with Gasteiger partial charge in [0.25, 0.3) is 0 Å². The Morgan fingerprint density at radius 2 is 1.72 bits per heavy atom. The third kappa shape index (κ3) is 2.91. The van der Waals surface area contributed by atoms with Crippen molar-refractivity contribution in [1.29, 1.82) is 0 Å². The van der Waals surface area contributed by atoms with E-state index in [9.17, 15) is 14.4 Å². The third-order valence-corrected chi connectivity index (χ3v) is 8.82. The Hall–Kier alpha value is -3.51. The number of rotatable bonds is 3. The molecule has 1 spiro atoms. The second kappa shape index (κ2) is 7.74.